The summed E-state index contributed by atoms with van der Waals surface area (Å²) in [5.74, 6) is -0.339. The number of morpholine rings is 1. The minimum absolute atomic E-state index is 0.220. The molecule has 2 aromatic rings. The summed E-state index contributed by atoms with van der Waals surface area (Å²) in [6, 6.07) is 15.4. The molecule has 1 fully saturated rings. The molecule has 0 unspecified atom stereocenters. The zero-order valence-corrected chi connectivity index (χ0v) is 13.6. The fraction of sp³-hybridized carbons (Fsp3) is 0.263. The Morgan fingerprint density at radius 2 is 2.04 bits per heavy atom. The lowest BCUT2D eigenvalue weighted by atomic mass is 10.1. The Morgan fingerprint density at radius 1 is 1.28 bits per heavy atom. The van der Waals surface area contributed by atoms with Gasteiger partial charge in [0.2, 0.25) is 0 Å². The Bertz CT molecular complexity index is 803. The number of amides is 2. The van der Waals surface area contributed by atoms with Crippen LogP contribution in [-0.4, -0.2) is 30.6 Å². The van der Waals surface area contributed by atoms with Crippen LogP contribution in [0.2, 0.25) is 0 Å². The molecule has 1 saturated heterocycles. The molecule has 25 heavy (non-hydrogen) atoms. The van der Waals surface area contributed by atoms with Crippen LogP contribution in [0.3, 0.4) is 0 Å². The molecule has 2 amide bonds. The van der Waals surface area contributed by atoms with Crippen LogP contribution in [0, 0.1) is 17.1 Å². The zero-order chi connectivity index (χ0) is 17.6. The van der Waals surface area contributed by atoms with Gasteiger partial charge in [-0.05, 0) is 17.7 Å². The first-order valence-corrected chi connectivity index (χ1v) is 8.06. The first-order valence-electron chi connectivity index (χ1n) is 8.06. The number of carbonyl (C=O) groups is 1. The van der Waals surface area contributed by atoms with E-state index in [-0.39, 0.29) is 24.8 Å². The van der Waals surface area contributed by atoms with Crippen molar-refractivity contribution in [3.05, 3.63) is 65.5 Å². The van der Waals surface area contributed by atoms with Gasteiger partial charge in [-0.25, -0.2) is 9.18 Å². The number of nitrogens with one attached hydrogen (secondary N) is 1. The van der Waals surface area contributed by atoms with Gasteiger partial charge in [-0.2, -0.15) is 5.26 Å². The molecule has 5 nitrogen and oxygen atoms in total. The molecule has 1 N–H and O–H groups in total. The first-order chi connectivity index (χ1) is 12.2. The van der Waals surface area contributed by atoms with Crippen molar-refractivity contribution < 1.29 is 13.9 Å². The van der Waals surface area contributed by atoms with Crippen LogP contribution in [0.5, 0.6) is 0 Å². The number of nitrogens with zero attached hydrogens (tertiary/aromatic N) is 2. The molecular weight excluding hydrogens is 321 g/mol. The minimum atomic E-state index is -0.491. The second-order valence-corrected chi connectivity index (χ2v) is 5.75. The Kier molecular flexibility index (Phi) is 5.26. The first kappa shape index (κ1) is 16.9. The number of nitriles is 1. The van der Waals surface area contributed by atoms with Gasteiger partial charge in [-0.3, -0.25) is 0 Å². The molecule has 1 aliphatic heterocycles. The van der Waals surface area contributed by atoms with Crippen molar-refractivity contribution in [1.29, 1.82) is 5.26 Å². The summed E-state index contributed by atoms with van der Waals surface area (Å²) in [4.78, 5) is 14.2. The van der Waals surface area contributed by atoms with Crippen molar-refractivity contribution in [2.75, 3.05) is 25.0 Å². The van der Waals surface area contributed by atoms with E-state index in [4.69, 9.17) is 10.00 Å². The van der Waals surface area contributed by atoms with Crippen molar-refractivity contribution in [3.63, 3.8) is 0 Å². The minimum Gasteiger partial charge on any atom is -0.370 e. The van der Waals surface area contributed by atoms with Gasteiger partial charge in [0.1, 0.15) is 11.9 Å². The monoisotopic (exact) mass is 339 g/mol. The molecule has 6 heteroatoms. The molecule has 0 bridgehead atoms. The maximum Gasteiger partial charge on any atom is 0.322 e. The third kappa shape index (κ3) is 3.95. The molecule has 1 heterocycles. The molecule has 1 atom stereocenters. The van der Waals surface area contributed by atoms with E-state index in [1.807, 2.05) is 6.07 Å². The number of para-hydroxylation sites is 1. The number of anilines is 1. The molecule has 1 aliphatic rings. The maximum absolute atomic E-state index is 14.0. The Morgan fingerprint density at radius 3 is 2.84 bits per heavy atom. The predicted molar refractivity (Wildman–Crippen MR) is 91.4 cm³/mol. The highest BCUT2D eigenvalue weighted by Gasteiger charge is 2.27. The van der Waals surface area contributed by atoms with Gasteiger partial charge >= 0.3 is 6.03 Å². The van der Waals surface area contributed by atoms with Gasteiger partial charge in [0, 0.05) is 17.8 Å². The average molecular weight is 339 g/mol. The van der Waals surface area contributed by atoms with Crippen molar-refractivity contribution in [1.82, 2.24) is 4.90 Å². The van der Waals surface area contributed by atoms with Crippen LogP contribution in [0.25, 0.3) is 0 Å². The van der Waals surface area contributed by atoms with E-state index in [0.29, 0.717) is 24.4 Å². The summed E-state index contributed by atoms with van der Waals surface area (Å²) in [6.45, 7) is 1.04. The van der Waals surface area contributed by atoms with E-state index in [9.17, 15) is 9.18 Å². The number of rotatable bonds is 3. The largest absolute Gasteiger partial charge is 0.370 e. The van der Waals surface area contributed by atoms with E-state index in [1.165, 1.54) is 6.07 Å². The normalized spacial score (nSPS) is 17.0. The Balaban J connectivity index is 1.71. The van der Waals surface area contributed by atoms with Gasteiger partial charge < -0.3 is 15.0 Å². The van der Waals surface area contributed by atoms with Crippen molar-refractivity contribution >= 4 is 11.7 Å². The fourth-order valence-electron chi connectivity index (χ4n) is 2.83. The smallest absolute Gasteiger partial charge is 0.322 e. The van der Waals surface area contributed by atoms with Crippen LogP contribution < -0.4 is 5.32 Å². The highest BCUT2D eigenvalue weighted by molar-refractivity contribution is 5.90. The molecule has 0 saturated carbocycles. The topological polar surface area (TPSA) is 65.4 Å². The summed E-state index contributed by atoms with van der Waals surface area (Å²) >= 11 is 0. The molecule has 0 aliphatic carbocycles. The third-order valence-corrected chi connectivity index (χ3v) is 4.13. The van der Waals surface area contributed by atoms with E-state index in [2.05, 4.69) is 11.4 Å². The number of urea groups is 1. The van der Waals surface area contributed by atoms with Gasteiger partial charge in [-0.1, -0.05) is 36.4 Å². The number of carbonyl (C=O) groups excluding carboxylic acids is 1. The second-order valence-electron chi connectivity index (χ2n) is 5.75. The number of hydrogen-bond donors (Lipinski definition) is 1. The standard InChI is InChI=1S/C19H18FN3O2/c20-16-7-3-2-6-15(16)18-13-23(11-12-25-18)19(24)22-17-8-4-1-5-14(17)9-10-21/h1-8,18H,9,11-13H2,(H,22,24)/t18-/m0/s1. The number of ether oxygens (including phenoxy) is 1. The van der Waals surface area contributed by atoms with Gasteiger partial charge in [0.25, 0.3) is 0 Å². The molecule has 0 spiro atoms. The maximum atomic E-state index is 14.0. The quantitative estimate of drug-likeness (QED) is 0.931. The summed E-state index contributed by atoms with van der Waals surface area (Å²) in [5.41, 5.74) is 1.82. The lowest BCUT2D eigenvalue weighted by Gasteiger charge is -2.33. The molecular formula is C19H18FN3O2. The highest BCUT2D eigenvalue weighted by Crippen LogP contribution is 2.25. The van der Waals surface area contributed by atoms with E-state index < -0.39 is 6.10 Å². The molecule has 0 aromatic heterocycles. The predicted octanol–water partition coefficient (Wildman–Crippen LogP) is 3.50. The van der Waals surface area contributed by atoms with E-state index >= 15 is 0 Å². The Hall–Kier alpha value is -2.91. The van der Waals surface area contributed by atoms with Crippen molar-refractivity contribution in [2.24, 2.45) is 0 Å². The zero-order valence-electron chi connectivity index (χ0n) is 13.6. The summed E-state index contributed by atoms with van der Waals surface area (Å²) in [5, 5.41) is 11.7. The third-order valence-electron chi connectivity index (χ3n) is 4.13. The molecule has 2 aromatic carbocycles. The van der Waals surface area contributed by atoms with Crippen LogP contribution in [-0.2, 0) is 11.2 Å². The number of benzene rings is 2. The summed E-state index contributed by atoms with van der Waals surface area (Å²) < 4.78 is 19.6. The summed E-state index contributed by atoms with van der Waals surface area (Å²) in [6.07, 6.45) is -0.271. The second kappa shape index (κ2) is 7.77. The number of halogens is 1. The van der Waals surface area contributed by atoms with Crippen LogP contribution >= 0.6 is 0 Å². The van der Waals surface area contributed by atoms with Gasteiger partial charge in [0.05, 0.1) is 25.6 Å². The average Bonchev–Trinajstić information content (AvgIpc) is 2.64. The SMILES string of the molecule is N#CCc1ccccc1NC(=O)N1CCO[C@H](c2ccccc2F)C1. The fourth-order valence-corrected chi connectivity index (χ4v) is 2.83. The Labute approximate surface area is 145 Å². The van der Waals surface area contributed by atoms with Gasteiger partial charge in [-0.15, -0.1) is 0 Å². The lowest BCUT2D eigenvalue weighted by molar-refractivity contribution is -0.0152. The van der Waals surface area contributed by atoms with Crippen molar-refractivity contribution in [3.8, 4) is 6.07 Å². The van der Waals surface area contributed by atoms with Crippen LogP contribution in [0.15, 0.2) is 48.5 Å². The summed E-state index contributed by atoms with van der Waals surface area (Å²) in [7, 11) is 0. The molecule has 0 radical (unpaired) electrons. The van der Waals surface area contributed by atoms with E-state index in [1.54, 1.807) is 41.3 Å². The van der Waals surface area contributed by atoms with Crippen molar-refractivity contribution in [2.45, 2.75) is 12.5 Å². The number of hydrogen-bond acceptors (Lipinski definition) is 3. The molecule has 128 valence electrons. The van der Waals surface area contributed by atoms with Crippen LogP contribution in [0.1, 0.15) is 17.2 Å². The highest BCUT2D eigenvalue weighted by atomic mass is 19.1. The lowest BCUT2D eigenvalue weighted by Crippen LogP contribution is -2.44. The van der Waals surface area contributed by atoms with Crippen LogP contribution in [0.4, 0.5) is 14.9 Å². The van der Waals surface area contributed by atoms with E-state index in [0.717, 1.165) is 5.56 Å². The van der Waals surface area contributed by atoms with Gasteiger partial charge in [0.15, 0.2) is 0 Å². The molecule has 3 rings (SSSR count).